The van der Waals surface area contributed by atoms with Gasteiger partial charge in [-0.1, -0.05) is 272 Å². The molecule has 23 nitrogen and oxygen atoms in total. The Morgan fingerprint density at radius 2 is 1.06 bits per heavy atom. The third-order valence-electron chi connectivity index (χ3n) is 17.9. The maximum absolute atomic E-state index is 10.7. The normalized spacial score (nSPS) is 11.0. The summed E-state index contributed by atoms with van der Waals surface area (Å²) in [5, 5.41) is 41.9. The van der Waals surface area contributed by atoms with E-state index in [0.29, 0.717) is 81.3 Å². The molecule has 0 bridgehead atoms. The molecule has 0 saturated carbocycles. The lowest BCUT2D eigenvalue weighted by molar-refractivity contribution is -0.687. The smallest absolute Gasteiger partial charge is 0.335 e. The number of carboxylic acids is 2. The molecule has 626 valence electrons. The lowest BCUT2D eigenvalue weighted by Gasteiger charge is -2.07. The van der Waals surface area contributed by atoms with Crippen molar-refractivity contribution in [1.29, 1.82) is 0 Å². The second-order valence-corrected chi connectivity index (χ2v) is 32.5. The molecule has 0 radical (unpaired) electrons. The van der Waals surface area contributed by atoms with E-state index in [2.05, 4.69) is 254 Å². The minimum absolute atomic E-state index is 0.261. The Bertz CT molecular complexity index is 4770. The quantitative estimate of drug-likeness (QED) is 0.0529. The van der Waals surface area contributed by atoms with Crippen LogP contribution < -0.4 is 21.8 Å². The van der Waals surface area contributed by atoms with Crippen molar-refractivity contribution in [1.82, 2.24) is 64.7 Å². The number of nitrogens with two attached hydrogens (primary N) is 3. The number of aryl methyl sites for hydroxylation is 4. The molecule has 7 heterocycles. The summed E-state index contributed by atoms with van der Waals surface area (Å²) in [6.45, 7) is 50.5. The summed E-state index contributed by atoms with van der Waals surface area (Å²) in [4.78, 5) is 42.4. The van der Waals surface area contributed by atoms with E-state index in [4.69, 9.17) is 31.8 Å². The largest absolute Gasteiger partial charge is 0.478 e. The van der Waals surface area contributed by atoms with Crippen LogP contribution in [-0.2, 0) is 34.6 Å². The van der Waals surface area contributed by atoms with Gasteiger partial charge in [-0.15, -0.1) is 20.0 Å². The average Bonchev–Trinajstić information content (AvgIpc) is 1.71. The Kier molecular flexibility index (Phi) is 42.9. The number of hydrogen-bond donors (Lipinski definition) is 5. The summed E-state index contributed by atoms with van der Waals surface area (Å²) in [6, 6.07) is 48.7. The van der Waals surface area contributed by atoms with Gasteiger partial charge in [0.05, 0.1) is 30.9 Å². The molecule has 24 heteroatoms. The lowest BCUT2D eigenvalue weighted by atomic mass is 9.97. The fraction of sp³-hybridized carbons (Fsp3) is 0.435. The van der Waals surface area contributed by atoms with Crippen molar-refractivity contribution in [2.24, 2.45) is 39.1 Å². The van der Waals surface area contributed by atoms with Gasteiger partial charge in [0, 0.05) is 98.0 Å². The molecule has 13 rings (SSSR count). The number of rotatable bonds is 13. The molecule has 0 atom stereocenters. The number of fused-ring (bicyclic) bond motifs is 2. The first kappa shape index (κ1) is 99.1. The highest BCUT2D eigenvalue weighted by Gasteiger charge is 2.20. The zero-order valence-corrected chi connectivity index (χ0v) is 75.0. The molecular formula is C92H133N18O5S+. The Balaban J connectivity index is 0.000000331. The number of aromatic nitrogens is 14. The third kappa shape index (κ3) is 34.5. The summed E-state index contributed by atoms with van der Waals surface area (Å²) in [5.41, 5.74) is 29.9. The number of aliphatic imine (C=N–C) groups is 1. The van der Waals surface area contributed by atoms with E-state index in [1.54, 1.807) is 41.2 Å². The highest BCUT2D eigenvalue weighted by Crippen LogP contribution is 2.29. The number of carboxylic acid groups (broad SMARTS) is 2. The third-order valence-corrected chi connectivity index (χ3v) is 18.9. The minimum Gasteiger partial charge on any atom is -0.478 e. The second kappa shape index (κ2) is 50.3. The van der Waals surface area contributed by atoms with Gasteiger partial charge in [-0.2, -0.15) is 0 Å². The Morgan fingerprint density at radius 3 is 1.43 bits per heavy atom. The molecule has 1 aliphatic heterocycles. The van der Waals surface area contributed by atoms with E-state index < -0.39 is 11.9 Å². The van der Waals surface area contributed by atoms with Crippen molar-refractivity contribution < 1.29 is 28.8 Å². The highest BCUT2D eigenvalue weighted by molar-refractivity contribution is 7.15. The summed E-state index contributed by atoms with van der Waals surface area (Å²) in [7, 11) is 7.89. The molecule has 0 unspecified atom stereocenters. The van der Waals surface area contributed by atoms with Crippen LogP contribution in [0.15, 0.2) is 180 Å². The number of carbonyl (C=O) groups is 2. The predicted molar refractivity (Wildman–Crippen MR) is 478 cm³/mol. The van der Waals surface area contributed by atoms with Gasteiger partial charge in [0.15, 0.2) is 17.3 Å². The molecule has 0 spiro atoms. The summed E-state index contributed by atoms with van der Waals surface area (Å²) >= 11 is 1.45. The van der Waals surface area contributed by atoms with Gasteiger partial charge in [0.25, 0.3) is 5.82 Å². The Morgan fingerprint density at radius 1 is 0.509 bits per heavy atom. The number of aromatic carboxylic acids is 2. The first-order valence-electron chi connectivity index (χ1n) is 39.9. The number of nitrogens with zero attached hydrogens (tertiary/aromatic N) is 15. The molecule has 8 N–H and O–H groups in total. The second-order valence-electron chi connectivity index (χ2n) is 31.5. The van der Waals surface area contributed by atoms with Crippen LogP contribution in [0.5, 0.6) is 0 Å². The van der Waals surface area contributed by atoms with Gasteiger partial charge in [0.2, 0.25) is 11.0 Å². The van der Waals surface area contributed by atoms with Crippen molar-refractivity contribution in [3.8, 4) is 0 Å². The van der Waals surface area contributed by atoms with Gasteiger partial charge < -0.3 is 36.4 Å². The van der Waals surface area contributed by atoms with Crippen LogP contribution in [-0.4, -0.2) is 92.6 Å². The van der Waals surface area contributed by atoms with E-state index in [1.165, 1.54) is 56.4 Å². The first-order valence-corrected chi connectivity index (χ1v) is 40.7. The molecular weight excluding hydrogens is 1470 g/mol. The Hall–Kier alpha value is -11.1. The van der Waals surface area contributed by atoms with E-state index in [-0.39, 0.29) is 5.92 Å². The fourth-order valence-electron chi connectivity index (χ4n) is 10.8. The zero-order valence-electron chi connectivity index (χ0n) is 74.2. The van der Waals surface area contributed by atoms with E-state index >= 15 is 0 Å². The maximum atomic E-state index is 10.7. The number of tetrazole rings is 1. The molecule has 6 aromatic carbocycles. The van der Waals surface area contributed by atoms with Crippen molar-refractivity contribution in [3.63, 3.8) is 0 Å². The standard InChI is InChI=1S/C11H13N.C10H11NO.2C10H12O2.C10H14.C9H13N.C8H16N3.C7H11N3.C7H12N2.C5H10N4.C5H9N3S/c1-8(2)11-7-9-5-3-4-6-10(9)12-11;1-7(2)10-11-8-5-3-4-6-9(8)12-10;1-7(2)8-3-5-9(6-4-8)10(11)12;1-7(2)8-5-3-4-6-9(8)10(11)12;1-8(2)10-6-4-9(3)5-7-10;1-7(2)8-5-3-4-6-9(8)10;1-6(2)8-9-11(5)7(3)10(8)4;1-5(2)7-9-4-3-6(8)10-7;1-6(2)7-8-4-5-9(7)3;1-4(2)5-6-7-8-9(5)3;1-3(2)4-7-8-5(6)9-4/h3-6,8H,7H2,1-2H3;3-7H,1-2H3;2*3-7H,1-2H3,(H,11,12);4-8H,1-3H3;3-7H,10H2,1-2H3;6H,1-5H3;3-5H,1-2H3,(H2,8,9,10);4-6H,1-3H3;4H,1-3H3;3H,1-2H3,(H2,6,8)/q;;;;;;+1;;;;. The molecule has 0 fully saturated rings. The molecule has 0 aliphatic carbocycles. The van der Waals surface area contributed by atoms with Crippen molar-refractivity contribution in [3.05, 3.63) is 255 Å². The molecule has 1 aliphatic rings. The van der Waals surface area contributed by atoms with Gasteiger partial charge in [0.1, 0.15) is 28.0 Å². The highest BCUT2D eigenvalue weighted by atomic mass is 32.1. The number of oxazole rings is 1. The van der Waals surface area contributed by atoms with Crippen molar-refractivity contribution >= 4 is 62.4 Å². The number of para-hydroxylation sites is 4. The fourth-order valence-corrected chi connectivity index (χ4v) is 11.4. The van der Waals surface area contributed by atoms with Gasteiger partial charge >= 0.3 is 11.9 Å². The van der Waals surface area contributed by atoms with Crippen molar-refractivity contribution in [2.75, 3.05) is 17.2 Å². The van der Waals surface area contributed by atoms with E-state index in [0.717, 1.165) is 63.0 Å². The van der Waals surface area contributed by atoms with Crippen molar-refractivity contribution in [2.45, 2.75) is 232 Å². The predicted octanol–water partition coefficient (Wildman–Crippen LogP) is 21.4. The van der Waals surface area contributed by atoms with Crippen LogP contribution in [0.1, 0.15) is 306 Å². The number of nitrogen functional groups attached to an aromatic ring is 3. The molecule has 0 amide bonds. The van der Waals surface area contributed by atoms with E-state index in [9.17, 15) is 9.59 Å². The zero-order chi connectivity index (χ0) is 87.2. The minimum atomic E-state index is -0.870. The van der Waals surface area contributed by atoms with E-state index in [1.807, 2.05) is 143 Å². The topological polar surface area (TPSA) is 326 Å². The van der Waals surface area contributed by atoms with Crippen LogP contribution in [0.4, 0.5) is 22.3 Å². The molecule has 12 aromatic rings. The van der Waals surface area contributed by atoms with Crippen LogP contribution in [0.25, 0.3) is 11.1 Å². The first-order chi connectivity index (χ1) is 54.6. The summed E-state index contributed by atoms with van der Waals surface area (Å²) in [6.07, 6.45) is 6.52. The molecule has 6 aromatic heterocycles. The summed E-state index contributed by atoms with van der Waals surface area (Å²) < 4.78 is 13.3. The van der Waals surface area contributed by atoms with Gasteiger partial charge in [-0.25, -0.2) is 38.8 Å². The number of imidazole rings is 1. The van der Waals surface area contributed by atoms with Gasteiger partial charge in [-0.3, -0.25) is 4.99 Å². The van der Waals surface area contributed by atoms with Crippen LogP contribution in [0, 0.1) is 19.8 Å². The number of hydrogen-bond acceptors (Lipinski definition) is 18. The monoisotopic (exact) mass is 1600 g/mol. The Labute approximate surface area is 694 Å². The lowest BCUT2D eigenvalue weighted by Crippen LogP contribution is -2.35. The number of benzene rings is 6. The molecule has 116 heavy (non-hydrogen) atoms. The molecule has 0 saturated heterocycles. The maximum Gasteiger partial charge on any atom is 0.335 e. The average molecular weight is 1600 g/mol. The number of anilines is 3. The van der Waals surface area contributed by atoms with Crippen LogP contribution >= 0.6 is 11.3 Å². The summed E-state index contributed by atoms with van der Waals surface area (Å²) in [5.74, 6) is 9.92. The SMILES string of the molecule is CC(C)C1=Nc2ccccc2C1.CC(C)c1ccc(C(=O)O)cc1.CC(C)c1ccccc1C(=O)O.CC(C)c1ccccc1N.CC(C)c1nc2ccccc2o1.CC(C)c1nccc(N)n1.CC(C)c1nccn1C.CC(C)c1nnc(N)s1.CC(C)c1nnnn1C.Cc1ccc(C(C)C)cc1.Cc1n(C)nc(C(C)C)[n+]1C. The van der Waals surface area contributed by atoms with Crippen LogP contribution in [0.2, 0.25) is 0 Å². The van der Waals surface area contributed by atoms with Gasteiger partial charge in [-0.05, 0) is 123 Å². The van der Waals surface area contributed by atoms with Crippen LogP contribution in [0.3, 0.4) is 0 Å².